The molecule has 0 fully saturated rings. The van der Waals surface area contributed by atoms with Gasteiger partial charge in [0.25, 0.3) is 0 Å². The summed E-state index contributed by atoms with van der Waals surface area (Å²) in [5, 5.41) is 0. The molecule has 154 valence electrons. The lowest BCUT2D eigenvalue weighted by atomic mass is 10.1. The molecule has 1 heterocycles. The van der Waals surface area contributed by atoms with E-state index in [0.717, 1.165) is 47.6 Å². The highest BCUT2D eigenvalue weighted by Gasteiger charge is 2.14. The molecule has 0 atom stereocenters. The average Bonchev–Trinajstić information content (AvgIpc) is 2.79. The highest BCUT2D eigenvalue weighted by molar-refractivity contribution is 9.10. The van der Waals surface area contributed by atoms with Gasteiger partial charge < -0.3 is 9.47 Å². The van der Waals surface area contributed by atoms with Crippen LogP contribution in [0.1, 0.15) is 17.5 Å². The summed E-state index contributed by atoms with van der Waals surface area (Å²) >= 11 is 3.60. The average molecular weight is 464 g/mol. The van der Waals surface area contributed by atoms with E-state index in [0.29, 0.717) is 13.2 Å². The topological polar surface area (TPSA) is 21.7 Å². The maximum atomic E-state index is 6.15. The second-order valence-corrected chi connectivity index (χ2v) is 8.36. The molecule has 0 saturated heterocycles. The summed E-state index contributed by atoms with van der Waals surface area (Å²) in [6.07, 6.45) is 3.37. The molecular weight excluding hydrogens is 438 g/mol. The quantitative estimate of drug-likeness (QED) is 0.369. The Morgan fingerprint density at radius 3 is 2.30 bits per heavy atom. The largest absolute Gasteiger partial charge is 0.489 e. The molecule has 0 amide bonds. The number of nitrogens with zero attached hydrogens (tertiary/aromatic N) is 1. The van der Waals surface area contributed by atoms with E-state index in [-0.39, 0.29) is 0 Å². The Bertz CT molecular complexity index is 973. The Morgan fingerprint density at radius 1 is 0.800 bits per heavy atom. The lowest BCUT2D eigenvalue weighted by Crippen LogP contribution is -2.31. The van der Waals surface area contributed by atoms with Crippen LogP contribution >= 0.6 is 15.9 Å². The maximum absolute atomic E-state index is 6.15. The van der Waals surface area contributed by atoms with E-state index >= 15 is 0 Å². The van der Waals surface area contributed by atoms with Crippen molar-refractivity contribution >= 4 is 15.9 Å². The normalized spacial score (nSPS) is 14.2. The van der Waals surface area contributed by atoms with E-state index in [1.807, 2.05) is 36.4 Å². The molecule has 4 rings (SSSR count). The fourth-order valence-corrected chi connectivity index (χ4v) is 3.92. The summed E-state index contributed by atoms with van der Waals surface area (Å²) in [4.78, 5) is 2.47. The van der Waals surface area contributed by atoms with Crippen molar-refractivity contribution in [2.45, 2.75) is 19.6 Å². The summed E-state index contributed by atoms with van der Waals surface area (Å²) in [6, 6.07) is 26.7. The van der Waals surface area contributed by atoms with Crippen LogP contribution in [-0.2, 0) is 13.2 Å². The van der Waals surface area contributed by atoms with Crippen molar-refractivity contribution < 1.29 is 9.47 Å². The van der Waals surface area contributed by atoms with Crippen LogP contribution in [0.4, 0.5) is 0 Å². The second-order valence-electron chi connectivity index (χ2n) is 7.50. The van der Waals surface area contributed by atoms with Crippen LogP contribution in [-0.4, -0.2) is 24.6 Å². The zero-order valence-corrected chi connectivity index (χ0v) is 18.6. The van der Waals surface area contributed by atoms with Crippen LogP contribution in [0.15, 0.2) is 95.0 Å². The Balaban J connectivity index is 1.32. The third-order valence-corrected chi connectivity index (χ3v) is 5.77. The fourth-order valence-electron chi connectivity index (χ4n) is 3.56. The summed E-state index contributed by atoms with van der Waals surface area (Å²) in [7, 11) is 0. The zero-order chi connectivity index (χ0) is 20.6. The second kappa shape index (κ2) is 10.5. The predicted octanol–water partition coefficient (Wildman–Crippen LogP) is 6.24. The minimum Gasteiger partial charge on any atom is -0.489 e. The molecule has 30 heavy (non-hydrogen) atoms. The number of rotatable bonds is 8. The zero-order valence-electron chi connectivity index (χ0n) is 17.0. The molecule has 0 N–H and O–H groups in total. The van der Waals surface area contributed by atoms with Gasteiger partial charge in [-0.25, -0.2) is 0 Å². The van der Waals surface area contributed by atoms with E-state index in [4.69, 9.17) is 9.47 Å². The Kier molecular flexibility index (Phi) is 7.22. The van der Waals surface area contributed by atoms with Gasteiger partial charge in [-0.1, -0.05) is 66.7 Å². The van der Waals surface area contributed by atoms with Crippen LogP contribution in [0.5, 0.6) is 11.5 Å². The van der Waals surface area contributed by atoms with E-state index in [1.165, 1.54) is 11.1 Å². The summed E-state index contributed by atoms with van der Waals surface area (Å²) < 4.78 is 13.0. The van der Waals surface area contributed by atoms with Crippen molar-refractivity contribution in [1.29, 1.82) is 0 Å². The molecule has 0 bridgehead atoms. The fraction of sp³-hybridized carbons (Fsp3) is 0.231. The first-order valence-corrected chi connectivity index (χ1v) is 11.1. The first-order valence-electron chi connectivity index (χ1n) is 10.3. The van der Waals surface area contributed by atoms with Crippen LogP contribution in [0.2, 0.25) is 0 Å². The number of hydrogen-bond acceptors (Lipinski definition) is 3. The molecular formula is C26H26BrNO2. The van der Waals surface area contributed by atoms with E-state index < -0.39 is 0 Å². The Hall–Kier alpha value is -2.56. The Labute approximate surface area is 187 Å². The van der Waals surface area contributed by atoms with E-state index in [2.05, 4.69) is 69.4 Å². The van der Waals surface area contributed by atoms with Crippen LogP contribution < -0.4 is 9.47 Å². The van der Waals surface area contributed by atoms with Crippen molar-refractivity contribution in [1.82, 2.24) is 4.90 Å². The van der Waals surface area contributed by atoms with Crippen LogP contribution in [0, 0.1) is 0 Å². The molecule has 1 aliphatic heterocycles. The van der Waals surface area contributed by atoms with E-state index in [9.17, 15) is 0 Å². The molecule has 0 unspecified atom stereocenters. The monoisotopic (exact) mass is 463 g/mol. The van der Waals surface area contributed by atoms with Gasteiger partial charge in [-0.2, -0.15) is 0 Å². The van der Waals surface area contributed by atoms with Crippen molar-refractivity contribution in [3.8, 4) is 11.5 Å². The smallest absolute Gasteiger partial charge is 0.137 e. The highest BCUT2D eigenvalue weighted by atomic mass is 79.9. The molecule has 0 aliphatic carbocycles. The Morgan fingerprint density at radius 2 is 1.53 bits per heavy atom. The molecule has 3 aromatic rings. The number of hydrogen-bond donors (Lipinski definition) is 0. The van der Waals surface area contributed by atoms with Crippen LogP contribution in [0.3, 0.4) is 0 Å². The third kappa shape index (κ3) is 5.97. The summed E-state index contributed by atoms with van der Waals surface area (Å²) in [5.41, 5.74) is 3.82. The molecule has 0 aromatic heterocycles. The SMILES string of the molecule is Brc1ccc(OCc2ccccc2)cc1OCC1=CCCN(Cc2ccccc2)C1. The lowest BCUT2D eigenvalue weighted by Gasteiger charge is -2.27. The third-order valence-electron chi connectivity index (χ3n) is 5.12. The molecule has 3 aromatic carbocycles. The maximum Gasteiger partial charge on any atom is 0.137 e. The van der Waals surface area contributed by atoms with Gasteiger partial charge in [0.1, 0.15) is 24.7 Å². The summed E-state index contributed by atoms with van der Waals surface area (Å²) in [5.74, 6) is 1.61. The molecule has 0 radical (unpaired) electrons. The van der Waals surface area contributed by atoms with Crippen LogP contribution in [0.25, 0.3) is 0 Å². The molecule has 3 nitrogen and oxygen atoms in total. The number of benzene rings is 3. The lowest BCUT2D eigenvalue weighted by molar-refractivity contribution is 0.257. The van der Waals surface area contributed by atoms with Gasteiger partial charge in [0, 0.05) is 25.7 Å². The van der Waals surface area contributed by atoms with Gasteiger partial charge in [0.15, 0.2) is 0 Å². The van der Waals surface area contributed by atoms with Gasteiger partial charge in [-0.3, -0.25) is 4.90 Å². The van der Waals surface area contributed by atoms with Gasteiger partial charge in [0.05, 0.1) is 4.47 Å². The van der Waals surface area contributed by atoms with Crippen molar-refractivity contribution in [3.05, 3.63) is 106 Å². The molecule has 1 aliphatic rings. The van der Waals surface area contributed by atoms with Gasteiger partial charge in [-0.15, -0.1) is 0 Å². The van der Waals surface area contributed by atoms with Gasteiger partial charge >= 0.3 is 0 Å². The highest BCUT2D eigenvalue weighted by Crippen LogP contribution is 2.30. The minimum absolute atomic E-state index is 0.543. The number of halogens is 1. The molecule has 0 saturated carbocycles. The first-order chi connectivity index (χ1) is 14.8. The van der Waals surface area contributed by atoms with Gasteiger partial charge in [-0.05, 0) is 51.2 Å². The van der Waals surface area contributed by atoms with Crippen molar-refractivity contribution in [2.24, 2.45) is 0 Å². The predicted molar refractivity (Wildman–Crippen MR) is 125 cm³/mol. The summed E-state index contributed by atoms with van der Waals surface area (Å²) in [6.45, 7) is 4.14. The van der Waals surface area contributed by atoms with Crippen molar-refractivity contribution in [3.63, 3.8) is 0 Å². The minimum atomic E-state index is 0.543. The molecule has 0 spiro atoms. The van der Waals surface area contributed by atoms with Gasteiger partial charge in [0.2, 0.25) is 0 Å². The standard InChI is InChI=1S/C26H26BrNO2/c27-25-14-13-24(29-19-22-10-5-2-6-11-22)16-26(25)30-20-23-12-7-15-28(18-23)17-21-8-3-1-4-9-21/h1-6,8-14,16H,7,15,17-20H2. The number of ether oxygens (including phenoxy) is 2. The first kappa shape index (κ1) is 20.7. The van der Waals surface area contributed by atoms with E-state index in [1.54, 1.807) is 0 Å². The van der Waals surface area contributed by atoms with Crippen molar-refractivity contribution in [2.75, 3.05) is 19.7 Å². The molecule has 4 heteroatoms.